The molecule has 1 heterocycles. The molecule has 0 spiro atoms. The fourth-order valence-electron chi connectivity index (χ4n) is 1.46. The number of nitrogens with one attached hydrogen (secondary N) is 1. The number of nitrogens with zero attached hydrogens (tertiary/aromatic N) is 4. The van der Waals surface area contributed by atoms with E-state index in [-0.39, 0.29) is 13.2 Å². The average Bonchev–Trinajstić information content (AvgIpc) is 2.71. The molecule has 0 aromatic carbocycles. The Bertz CT molecular complexity index is 472. The van der Waals surface area contributed by atoms with E-state index >= 15 is 0 Å². The van der Waals surface area contributed by atoms with Gasteiger partial charge in [0.2, 0.25) is 0 Å². The predicted molar refractivity (Wildman–Crippen MR) is 65.8 cm³/mol. The molecule has 8 nitrogen and oxygen atoms in total. The maximum absolute atomic E-state index is 11.9. The minimum atomic E-state index is -3.58. The van der Waals surface area contributed by atoms with Crippen molar-refractivity contribution in [1.29, 1.82) is 0 Å². The van der Waals surface area contributed by atoms with Crippen LogP contribution in [-0.4, -0.2) is 52.8 Å². The van der Waals surface area contributed by atoms with Crippen LogP contribution in [-0.2, 0) is 17.3 Å². The van der Waals surface area contributed by atoms with E-state index < -0.39 is 16.3 Å². The maximum atomic E-state index is 11.9. The van der Waals surface area contributed by atoms with Gasteiger partial charge in [0, 0.05) is 27.2 Å². The zero-order chi connectivity index (χ0) is 13.8. The Balaban J connectivity index is 2.68. The van der Waals surface area contributed by atoms with Crippen LogP contribution in [0, 0.1) is 0 Å². The van der Waals surface area contributed by atoms with Crippen LogP contribution in [0.15, 0.2) is 6.33 Å². The predicted octanol–water partition coefficient (Wildman–Crippen LogP) is -0.975. The second kappa shape index (κ2) is 6.23. The molecule has 104 valence electrons. The van der Waals surface area contributed by atoms with Crippen molar-refractivity contribution >= 4 is 10.2 Å². The highest BCUT2D eigenvalue weighted by Crippen LogP contribution is 2.10. The van der Waals surface area contributed by atoms with Gasteiger partial charge in [0.25, 0.3) is 10.2 Å². The summed E-state index contributed by atoms with van der Waals surface area (Å²) in [5.41, 5.74) is 0. The Hall–Kier alpha value is -1.03. The largest absolute Gasteiger partial charge is 0.396 e. The monoisotopic (exact) mass is 277 g/mol. The number of rotatable bonds is 7. The number of aryl methyl sites for hydroxylation is 1. The summed E-state index contributed by atoms with van der Waals surface area (Å²) in [5.74, 6) is 0.536. The second-order valence-corrected chi connectivity index (χ2v) is 5.85. The summed E-state index contributed by atoms with van der Waals surface area (Å²) in [4.78, 5) is 0. The number of hydrogen-bond acceptors (Lipinski definition) is 5. The van der Waals surface area contributed by atoms with Crippen LogP contribution in [0.1, 0.15) is 25.2 Å². The van der Waals surface area contributed by atoms with Crippen molar-refractivity contribution in [3.63, 3.8) is 0 Å². The summed E-state index contributed by atoms with van der Waals surface area (Å²) in [6.07, 6.45) is 1.91. The molecule has 1 unspecified atom stereocenters. The molecule has 0 aliphatic heterocycles. The van der Waals surface area contributed by atoms with Crippen LogP contribution in [0.3, 0.4) is 0 Å². The zero-order valence-corrected chi connectivity index (χ0v) is 11.6. The van der Waals surface area contributed by atoms with E-state index in [1.165, 1.54) is 13.4 Å². The first kappa shape index (κ1) is 15.0. The smallest absolute Gasteiger partial charge is 0.279 e. The van der Waals surface area contributed by atoms with E-state index in [9.17, 15) is 8.42 Å². The summed E-state index contributed by atoms with van der Waals surface area (Å²) < 4.78 is 29.2. The molecule has 2 N–H and O–H groups in total. The van der Waals surface area contributed by atoms with Crippen molar-refractivity contribution in [1.82, 2.24) is 23.8 Å². The first-order valence-electron chi connectivity index (χ1n) is 5.57. The molecule has 1 rings (SSSR count). The highest BCUT2D eigenvalue weighted by atomic mass is 32.2. The van der Waals surface area contributed by atoms with E-state index in [2.05, 4.69) is 14.9 Å². The van der Waals surface area contributed by atoms with Gasteiger partial charge in [-0.25, -0.2) is 0 Å². The summed E-state index contributed by atoms with van der Waals surface area (Å²) in [7, 11) is -0.378. The van der Waals surface area contributed by atoms with E-state index in [1.807, 2.05) is 0 Å². The minimum absolute atomic E-state index is 0.0430. The quantitative estimate of drug-likeness (QED) is 0.667. The lowest BCUT2D eigenvalue weighted by Crippen LogP contribution is -2.40. The van der Waals surface area contributed by atoms with Crippen molar-refractivity contribution < 1.29 is 13.5 Å². The first-order chi connectivity index (χ1) is 8.38. The van der Waals surface area contributed by atoms with Crippen molar-refractivity contribution in [2.75, 3.05) is 20.2 Å². The van der Waals surface area contributed by atoms with E-state index in [4.69, 9.17) is 5.11 Å². The molecular formula is C9H19N5O3S. The number of aliphatic hydroxyl groups is 1. The Morgan fingerprint density at radius 3 is 2.78 bits per heavy atom. The molecule has 0 aliphatic rings. The molecule has 0 radical (unpaired) electrons. The molecule has 0 bridgehead atoms. The third kappa shape index (κ3) is 3.73. The molecule has 0 saturated carbocycles. The molecule has 0 aliphatic carbocycles. The molecule has 1 aromatic heterocycles. The molecular weight excluding hydrogens is 258 g/mol. The molecule has 9 heteroatoms. The van der Waals surface area contributed by atoms with E-state index in [0.717, 1.165) is 4.31 Å². The third-order valence-corrected chi connectivity index (χ3v) is 4.16. The molecule has 1 aromatic rings. The molecule has 18 heavy (non-hydrogen) atoms. The number of aliphatic hydroxyl groups excluding tert-OH is 1. The molecule has 0 saturated heterocycles. The van der Waals surface area contributed by atoms with Crippen LogP contribution in [0.2, 0.25) is 0 Å². The second-order valence-electron chi connectivity index (χ2n) is 4.04. The lowest BCUT2D eigenvalue weighted by Gasteiger charge is -2.20. The van der Waals surface area contributed by atoms with E-state index in [1.54, 1.807) is 18.5 Å². The first-order valence-corrected chi connectivity index (χ1v) is 7.01. The molecule has 0 fully saturated rings. The Morgan fingerprint density at radius 1 is 1.61 bits per heavy atom. The summed E-state index contributed by atoms with van der Waals surface area (Å²) in [6, 6.07) is -0.473. The zero-order valence-electron chi connectivity index (χ0n) is 10.7. The van der Waals surface area contributed by atoms with Crippen LogP contribution in [0.4, 0.5) is 0 Å². The summed E-state index contributed by atoms with van der Waals surface area (Å²) in [5, 5.41) is 16.2. The highest BCUT2D eigenvalue weighted by Gasteiger charge is 2.22. The topological polar surface area (TPSA) is 100 Å². The van der Waals surface area contributed by atoms with Crippen LogP contribution in [0.5, 0.6) is 0 Å². The van der Waals surface area contributed by atoms with Crippen molar-refractivity contribution in [3.8, 4) is 0 Å². The normalized spacial score (nSPS) is 14.1. The van der Waals surface area contributed by atoms with Gasteiger partial charge in [0.1, 0.15) is 6.33 Å². The van der Waals surface area contributed by atoms with Gasteiger partial charge in [-0.05, 0) is 13.3 Å². The fraction of sp³-hybridized carbons (Fsp3) is 0.778. The van der Waals surface area contributed by atoms with Gasteiger partial charge < -0.3 is 9.67 Å². The van der Waals surface area contributed by atoms with Gasteiger partial charge >= 0.3 is 0 Å². The summed E-state index contributed by atoms with van der Waals surface area (Å²) >= 11 is 0. The minimum Gasteiger partial charge on any atom is -0.396 e. The molecule has 0 amide bonds. The van der Waals surface area contributed by atoms with Crippen LogP contribution >= 0.6 is 0 Å². The average molecular weight is 277 g/mol. The van der Waals surface area contributed by atoms with Gasteiger partial charge in [-0.3, -0.25) is 0 Å². The Kier molecular flexibility index (Phi) is 5.20. The summed E-state index contributed by atoms with van der Waals surface area (Å²) in [6.45, 7) is 1.91. The Morgan fingerprint density at radius 2 is 2.28 bits per heavy atom. The Labute approximate surface area is 107 Å². The highest BCUT2D eigenvalue weighted by molar-refractivity contribution is 7.87. The van der Waals surface area contributed by atoms with Crippen molar-refractivity contribution in [2.45, 2.75) is 19.4 Å². The van der Waals surface area contributed by atoms with Gasteiger partial charge in [-0.1, -0.05) is 0 Å². The van der Waals surface area contributed by atoms with Gasteiger partial charge in [0.05, 0.1) is 6.04 Å². The maximum Gasteiger partial charge on any atom is 0.279 e. The van der Waals surface area contributed by atoms with Gasteiger partial charge in [-0.2, -0.15) is 17.4 Å². The van der Waals surface area contributed by atoms with Crippen molar-refractivity contribution in [2.24, 2.45) is 7.05 Å². The lowest BCUT2D eigenvalue weighted by molar-refractivity contribution is 0.275. The van der Waals surface area contributed by atoms with E-state index in [0.29, 0.717) is 12.2 Å². The third-order valence-electron chi connectivity index (χ3n) is 2.50. The number of hydrogen-bond donors (Lipinski definition) is 2. The lowest BCUT2D eigenvalue weighted by atomic mass is 10.3. The fourth-order valence-corrected chi connectivity index (χ4v) is 2.57. The SMILES string of the molecule is CC(NS(=O)(=O)N(C)CCCO)c1nncn1C. The van der Waals surface area contributed by atoms with Gasteiger partial charge in [0.15, 0.2) is 5.82 Å². The van der Waals surface area contributed by atoms with Crippen LogP contribution in [0.25, 0.3) is 0 Å². The van der Waals surface area contributed by atoms with Gasteiger partial charge in [-0.15, -0.1) is 10.2 Å². The molecule has 1 atom stereocenters. The van der Waals surface area contributed by atoms with Crippen molar-refractivity contribution in [3.05, 3.63) is 12.2 Å². The number of aromatic nitrogens is 3. The van der Waals surface area contributed by atoms with Crippen LogP contribution < -0.4 is 4.72 Å². The standard InChI is InChI=1S/C9H19N5O3S/c1-8(9-11-10-7-13(9)2)12-18(16,17)14(3)5-4-6-15/h7-8,12,15H,4-6H2,1-3H3.